The third kappa shape index (κ3) is 2.40. The third-order valence-electron chi connectivity index (χ3n) is 3.36. The molecule has 1 heterocycles. The predicted molar refractivity (Wildman–Crippen MR) is 77.5 cm³/mol. The zero-order valence-corrected chi connectivity index (χ0v) is 12.0. The lowest BCUT2D eigenvalue weighted by Gasteiger charge is -2.09. The fraction of sp³-hybridized carbons (Fsp3) is 0.467. The van der Waals surface area contributed by atoms with Crippen molar-refractivity contribution in [1.29, 1.82) is 0 Å². The Morgan fingerprint density at radius 3 is 2.67 bits per heavy atom. The van der Waals surface area contributed by atoms with Gasteiger partial charge in [-0.3, -0.25) is 0 Å². The second-order valence-electron chi connectivity index (χ2n) is 5.10. The molecule has 1 aromatic carbocycles. The molecule has 0 spiro atoms. The molecule has 0 unspecified atom stereocenters. The van der Waals surface area contributed by atoms with E-state index < -0.39 is 0 Å². The molecule has 0 aliphatic rings. The molecule has 18 heavy (non-hydrogen) atoms. The van der Waals surface area contributed by atoms with E-state index in [1.165, 1.54) is 16.5 Å². The van der Waals surface area contributed by atoms with E-state index in [0.717, 1.165) is 23.4 Å². The summed E-state index contributed by atoms with van der Waals surface area (Å²) in [6.07, 6.45) is 3.91. The van der Waals surface area contributed by atoms with Gasteiger partial charge in [-0.05, 0) is 56.9 Å². The predicted octanol–water partition coefficient (Wildman–Crippen LogP) is 4.11. The van der Waals surface area contributed by atoms with Crippen LogP contribution in [0.15, 0.2) is 18.3 Å². The van der Waals surface area contributed by atoms with E-state index in [0.29, 0.717) is 6.04 Å². The lowest BCUT2D eigenvalue weighted by molar-refractivity contribution is 0.288. The number of aromatic nitrogens is 1. The van der Waals surface area contributed by atoms with E-state index in [2.05, 4.69) is 36.7 Å². The van der Waals surface area contributed by atoms with E-state index in [-0.39, 0.29) is 6.61 Å². The van der Waals surface area contributed by atoms with E-state index in [4.69, 9.17) is 16.7 Å². The highest BCUT2D eigenvalue weighted by Gasteiger charge is 2.12. The van der Waals surface area contributed by atoms with Crippen LogP contribution in [-0.2, 0) is 6.42 Å². The van der Waals surface area contributed by atoms with Crippen molar-refractivity contribution >= 4 is 22.5 Å². The molecule has 2 nitrogen and oxygen atoms in total. The number of aryl methyl sites for hydroxylation is 2. The number of aliphatic hydroxyl groups is 1. The van der Waals surface area contributed by atoms with Gasteiger partial charge < -0.3 is 9.67 Å². The summed E-state index contributed by atoms with van der Waals surface area (Å²) in [5.41, 5.74) is 3.59. The highest BCUT2D eigenvalue weighted by atomic mass is 35.5. The molecule has 1 aromatic heterocycles. The van der Waals surface area contributed by atoms with Crippen LogP contribution in [0, 0.1) is 6.92 Å². The molecule has 0 saturated heterocycles. The van der Waals surface area contributed by atoms with Crippen molar-refractivity contribution in [3.05, 3.63) is 34.5 Å². The van der Waals surface area contributed by atoms with Gasteiger partial charge in [-0.1, -0.05) is 11.6 Å². The SMILES string of the molecule is Cc1cc2c(CCCO)cn(C(C)C)c2cc1Cl. The minimum atomic E-state index is 0.237. The van der Waals surface area contributed by atoms with Gasteiger partial charge in [-0.15, -0.1) is 0 Å². The Labute approximate surface area is 113 Å². The molecule has 0 radical (unpaired) electrons. The summed E-state index contributed by atoms with van der Waals surface area (Å²) in [4.78, 5) is 0. The first-order valence-electron chi connectivity index (χ1n) is 6.45. The molecule has 0 atom stereocenters. The monoisotopic (exact) mass is 265 g/mol. The lowest BCUT2D eigenvalue weighted by atomic mass is 10.1. The van der Waals surface area contributed by atoms with Gasteiger partial charge in [-0.25, -0.2) is 0 Å². The van der Waals surface area contributed by atoms with Crippen LogP contribution >= 0.6 is 11.6 Å². The Kier molecular flexibility index (Phi) is 3.98. The van der Waals surface area contributed by atoms with Gasteiger partial charge >= 0.3 is 0 Å². The van der Waals surface area contributed by atoms with Crippen LogP contribution in [0.2, 0.25) is 5.02 Å². The second-order valence-corrected chi connectivity index (χ2v) is 5.51. The van der Waals surface area contributed by atoms with E-state index in [1.54, 1.807) is 0 Å². The second kappa shape index (κ2) is 5.33. The maximum Gasteiger partial charge on any atom is 0.0500 e. The van der Waals surface area contributed by atoms with Crippen molar-refractivity contribution < 1.29 is 5.11 Å². The first-order chi connectivity index (χ1) is 8.54. The van der Waals surface area contributed by atoms with Gasteiger partial charge in [0.05, 0.1) is 5.52 Å². The lowest BCUT2D eigenvalue weighted by Crippen LogP contribution is -1.98. The standard InChI is InChI=1S/C15H20ClNO/c1-10(2)17-9-12(5-4-6-18)13-7-11(3)14(16)8-15(13)17/h7-10,18H,4-6H2,1-3H3. The summed E-state index contributed by atoms with van der Waals surface area (Å²) >= 11 is 6.22. The third-order valence-corrected chi connectivity index (χ3v) is 3.76. The molecule has 1 N–H and O–H groups in total. The Hall–Kier alpha value is -0.990. The number of benzene rings is 1. The number of aliphatic hydroxyl groups excluding tert-OH is 1. The summed E-state index contributed by atoms with van der Waals surface area (Å²) in [6, 6.07) is 4.62. The normalized spacial score (nSPS) is 11.7. The first kappa shape index (κ1) is 13.4. The van der Waals surface area contributed by atoms with Crippen molar-refractivity contribution in [1.82, 2.24) is 4.57 Å². The van der Waals surface area contributed by atoms with E-state index in [1.807, 2.05) is 6.92 Å². The smallest absolute Gasteiger partial charge is 0.0500 e. The minimum absolute atomic E-state index is 0.237. The Balaban J connectivity index is 2.61. The van der Waals surface area contributed by atoms with Crippen LogP contribution in [-0.4, -0.2) is 16.3 Å². The molecule has 2 aromatic rings. The molecular weight excluding hydrogens is 246 g/mol. The Bertz CT molecular complexity index is 557. The summed E-state index contributed by atoms with van der Waals surface area (Å²) in [7, 11) is 0. The van der Waals surface area contributed by atoms with Gasteiger partial charge in [0.2, 0.25) is 0 Å². The van der Waals surface area contributed by atoms with Gasteiger partial charge in [0.25, 0.3) is 0 Å². The van der Waals surface area contributed by atoms with Gasteiger partial charge in [0.1, 0.15) is 0 Å². The van der Waals surface area contributed by atoms with E-state index >= 15 is 0 Å². The number of fused-ring (bicyclic) bond motifs is 1. The van der Waals surface area contributed by atoms with Gasteiger partial charge in [-0.2, -0.15) is 0 Å². The quantitative estimate of drug-likeness (QED) is 0.884. The van der Waals surface area contributed by atoms with Crippen molar-refractivity contribution in [2.45, 2.75) is 39.7 Å². The zero-order valence-electron chi connectivity index (χ0n) is 11.2. The van der Waals surface area contributed by atoms with Gasteiger partial charge in [0, 0.05) is 29.3 Å². The molecule has 2 rings (SSSR count). The number of hydrogen-bond acceptors (Lipinski definition) is 1. The molecule has 0 aliphatic heterocycles. The minimum Gasteiger partial charge on any atom is -0.396 e. The fourth-order valence-corrected chi connectivity index (χ4v) is 2.50. The van der Waals surface area contributed by atoms with Crippen molar-refractivity contribution in [2.24, 2.45) is 0 Å². The van der Waals surface area contributed by atoms with Crippen molar-refractivity contribution in [3.8, 4) is 0 Å². The van der Waals surface area contributed by atoms with Crippen molar-refractivity contribution in [2.75, 3.05) is 6.61 Å². The average Bonchev–Trinajstić information content (AvgIpc) is 2.66. The maximum absolute atomic E-state index is 8.99. The van der Waals surface area contributed by atoms with Crippen LogP contribution in [0.1, 0.15) is 37.4 Å². The molecule has 0 saturated carbocycles. The van der Waals surface area contributed by atoms with E-state index in [9.17, 15) is 0 Å². The number of nitrogens with zero attached hydrogens (tertiary/aromatic N) is 1. The summed E-state index contributed by atoms with van der Waals surface area (Å²) < 4.78 is 2.26. The van der Waals surface area contributed by atoms with Gasteiger partial charge in [0.15, 0.2) is 0 Å². The van der Waals surface area contributed by atoms with Crippen molar-refractivity contribution in [3.63, 3.8) is 0 Å². The molecule has 0 amide bonds. The summed E-state index contributed by atoms with van der Waals surface area (Å²) in [6.45, 7) is 6.61. The Morgan fingerprint density at radius 2 is 2.06 bits per heavy atom. The molecule has 0 aliphatic carbocycles. The highest BCUT2D eigenvalue weighted by molar-refractivity contribution is 6.32. The first-order valence-corrected chi connectivity index (χ1v) is 6.82. The molecule has 3 heteroatoms. The zero-order chi connectivity index (χ0) is 13.3. The number of halogens is 1. The largest absolute Gasteiger partial charge is 0.396 e. The molecule has 98 valence electrons. The van der Waals surface area contributed by atoms with Crippen LogP contribution in [0.25, 0.3) is 10.9 Å². The molecule has 0 bridgehead atoms. The summed E-state index contributed by atoms with van der Waals surface area (Å²) in [5.74, 6) is 0. The number of hydrogen-bond donors (Lipinski definition) is 1. The van der Waals surface area contributed by atoms with Crippen LogP contribution in [0.4, 0.5) is 0 Å². The topological polar surface area (TPSA) is 25.2 Å². The fourth-order valence-electron chi connectivity index (χ4n) is 2.34. The Morgan fingerprint density at radius 1 is 1.33 bits per heavy atom. The maximum atomic E-state index is 8.99. The van der Waals surface area contributed by atoms with Crippen LogP contribution in [0.3, 0.4) is 0 Å². The average molecular weight is 266 g/mol. The molecule has 0 fully saturated rings. The van der Waals surface area contributed by atoms with Crippen LogP contribution in [0.5, 0.6) is 0 Å². The summed E-state index contributed by atoms with van der Waals surface area (Å²) in [5, 5.41) is 11.1. The highest BCUT2D eigenvalue weighted by Crippen LogP contribution is 2.30. The molecular formula is C15H20ClNO. The van der Waals surface area contributed by atoms with Crippen LogP contribution < -0.4 is 0 Å². The number of rotatable bonds is 4.